The minimum Gasteiger partial charge on any atom is -0.313 e. The lowest BCUT2D eigenvalue weighted by Crippen LogP contribution is -2.33. The zero-order chi connectivity index (χ0) is 14.4. The largest absolute Gasteiger partial charge is 0.313 e. The summed E-state index contributed by atoms with van der Waals surface area (Å²) >= 11 is 0. The van der Waals surface area contributed by atoms with Crippen LogP contribution in [0.2, 0.25) is 0 Å². The fourth-order valence-electron chi connectivity index (χ4n) is 2.36. The molecule has 1 rings (SSSR count). The van der Waals surface area contributed by atoms with E-state index in [2.05, 4.69) is 61.7 Å². The van der Waals surface area contributed by atoms with Gasteiger partial charge >= 0.3 is 0 Å². The van der Waals surface area contributed by atoms with Gasteiger partial charge in [-0.05, 0) is 39.8 Å². The first-order chi connectivity index (χ1) is 8.95. The Morgan fingerprint density at radius 2 is 1.95 bits per heavy atom. The molecule has 1 aromatic rings. The number of aryl methyl sites for hydroxylation is 2. The Bertz CT molecular complexity index is 382. The van der Waals surface area contributed by atoms with Crippen molar-refractivity contribution in [2.45, 2.75) is 53.6 Å². The summed E-state index contributed by atoms with van der Waals surface area (Å²) in [5, 5.41) is 8.03. The molecule has 4 heteroatoms. The number of aromatic nitrogens is 2. The maximum Gasteiger partial charge on any atom is 0.0628 e. The van der Waals surface area contributed by atoms with Gasteiger partial charge in [-0.2, -0.15) is 5.10 Å². The van der Waals surface area contributed by atoms with Crippen molar-refractivity contribution in [2.75, 3.05) is 26.7 Å². The molecule has 1 N–H and O–H groups in total. The third-order valence-corrected chi connectivity index (χ3v) is 3.62. The summed E-state index contributed by atoms with van der Waals surface area (Å²) in [6, 6.07) is 0.570. The second kappa shape index (κ2) is 7.65. The van der Waals surface area contributed by atoms with Crippen LogP contribution >= 0.6 is 0 Å². The first-order valence-electron chi connectivity index (χ1n) is 7.40. The first-order valence-corrected chi connectivity index (χ1v) is 7.40. The SMILES string of the molecule is CCn1nc(C)c(CCN(C)CCNC(C)C)c1C. The zero-order valence-corrected chi connectivity index (χ0v) is 13.5. The fourth-order valence-corrected chi connectivity index (χ4v) is 2.36. The molecule has 0 aromatic carbocycles. The Morgan fingerprint density at radius 3 is 2.47 bits per heavy atom. The average molecular weight is 266 g/mol. The molecule has 0 fully saturated rings. The molecule has 0 spiro atoms. The van der Waals surface area contributed by atoms with Gasteiger partial charge in [-0.15, -0.1) is 0 Å². The maximum absolute atomic E-state index is 4.58. The maximum atomic E-state index is 4.58. The molecule has 0 bridgehead atoms. The van der Waals surface area contributed by atoms with Crippen molar-refractivity contribution in [1.82, 2.24) is 20.0 Å². The Hall–Kier alpha value is -0.870. The molecule has 0 aliphatic rings. The van der Waals surface area contributed by atoms with Crippen molar-refractivity contribution in [1.29, 1.82) is 0 Å². The van der Waals surface area contributed by atoms with E-state index < -0.39 is 0 Å². The summed E-state index contributed by atoms with van der Waals surface area (Å²) in [5.41, 5.74) is 3.94. The summed E-state index contributed by atoms with van der Waals surface area (Å²) in [6.45, 7) is 15.0. The Balaban J connectivity index is 2.41. The van der Waals surface area contributed by atoms with Crippen LogP contribution in [0.3, 0.4) is 0 Å². The van der Waals surface area contributed by atoms with Crippen LogP contribution in [0.25, 0.3) is 0 Å². The molecule has 19 heavy (non-hydrogen) atoms. The molecule has 0 aliphatic carbocycles. The van der Waals surface area contributed by atoms with E-state index in [0.717, 1.165) is 32.6 Å². The molecule has 1 heterocycles. The fraction of sp³-hybridized carbons (Fsp3) is 0.800. The molecule has 0 atom stereocenters. The lowest BCUT2D eigenvalue weighted by Gasteiger charge is -2.18. The Morgan fingerprint density at radius 1 is 1.26 bits per heavy atom. The van der Waals surface area contributed by atoms with Crippen LogP contribution in [0.5, 0.6) is 0 Å². The number of nitrogens with one attached hydrogen (secondary N) is 1. The molecule has 110 valence electrons. The van der Waals surface area contributed by atoms with Crippen LogP contribution in [0.1, 0.15) is 37.7 Å². The highest BCUT2D eigenvalue weighted by Gasteiger charge is 2.11. The van der Waals surface area contributed by atoms with Crippen molar-refractivity contribution in [3.8, 4) is 0 Å². The van der Waals surface area contributed by atoms with Crippen LogP contribution < -0.4 is 5.32 Å². The minimum atomic E-state index is 0.570. The molecular weight excluding hydrogens is 236 g/mol. The predicted octanol–water partition coefficient (Wildman–Crippen LogP) is 1.99. The average Bonchev–Trinajstić information content (AvgIpc) is 2.61. The smallest absolute Gasteiger partial charge is 0.0628 e. The molecule has 0 unspecified atom stereocenters. The molecule has 0 saturated heterocycles. The van der Waals surface area contributed by atoms with Gasteiger partial charge in [0.15, 0.2) is 0 Å². The van der Waals surface area contributed by atoms with E-state index in [0.29, 0.717) is 6.04 Å². The number of likely N-dealkylation sites (N-methyl/N-ethyl adjacent to an activating group) is 1. The van der Waals surface area contributed by atoms with Crippen molar-refractivity contribution in [3.05, 3.63) is 17.0 Å². The van der Waals surface area contributed by atoms with Gasteiger partial charge in [0.2, 0.25) is 0 Å². The second-order valence-electron chi connectivity index (χ2n) is 5.63. The van der Waals surface area contributed by atoms with E-state index in [4.69, 9.17) is 0 Å². The number of hydrogen-bond acceptors (Lipinski definition) is 3. The van der Waals surface area contributed by atoms with Gasteiger partial charge in [-0.3, -0.25) is 4.68 Å². The molecule has 4 nitrogen and oxygen atoms in total. The summed E-state index contributed by atoms with van der Waals surface area (Å²) in [4.78, 5) is 2.39. The molecule has 0 saturated carbocycles. The minimum absolute atomic E-state index is 0.570. The number of nitrogens with zero attached hydrogens (tertiary/aromatic N) is 3. The van der Waals surface area contributed by atoms with Gasteiger partial charge in [0, 0.05) is 37.9 Å². The monoisotopic (exact) mass is 266 g/mol. The number of rotatable bonds is 8. The second-order valence-corrected chi connectivity index (χ2v) is 5.63. The molecule has 1 aromatic heterocycles. The highest BCUT2D eigenvalue weighted by atomic mass is 15.3. The number of hydrogen-bond donors (Lipinski definition) is 1. The van der Waals surface area contributed by atoms with E-state index >= 15 is 0 Å². The molecular formula is C15H30N4. The van der Waals surface area contributed by atoms with Gasteiger partial charge in [-0.25, -0.2) is 0 Å². The van der Waals surface area contributed by atoms with Crippen molar-refractivity contribution >= 4 is 0 Å². The van der Waals surface area contributed by atoms with Crippen molar-refractivity contribution in [3.63, 3.8) is 0 Å². The van der Waals surface area contributed by atoms with E-state index in [1.54, 1.807) is 0 Å². The molecule has 0 amide bonds. The van der Waals surface area contributed by atoms with Crippen LogP contribution in [0.15, 0.2) is 0 Å². The van der Waals surface area contributed by atoms with Crippen molar-refractivity contribution < 1.29 is 0 Å². The van der Waals surface area contributed by atoms with Gasteiger partial charge in [0.25, 0.3) is 0 Å². The zero-order valence-electron chi connectivity index (χ0n) is 13.5. The topological polar surface area (TPSA) is 33.1 Å². The Kier molecular flexibility index (Phi) is 6.52. The summed E-state index contributed by atoms with van der Waals surface area (Å²) in [5.74, 6) is 0. The van der Waals surface area contributed by atoms with Crippen LogP contribution in [0, 0.1) is 13.8 Å². The lowest BCUT2D eigenvalue weighted by atomic mass is 10.1. The molecule has 0 aliphatic heterocycles. The van der Waals surface area contributed by atoms with Crippen LogP contribution in [-0.4, -0.2) is 47.4 Å². The van der Waals surface area contributed by atoms with E-state index in [1.165, 1.54) is 17.0 Å². The van der Waals surface area contributed by atoms with E-state index in [1.807, 2.05) is 0 Å². The van der Waals surface area contributed by atoms with E-state index in [-0.39, 0.29) is 0 Å². The van der Waals surface area contributed by atoms with E-state index in [9.17, 15) is 0 Å². The normalized spacial score (nSPS) is 11.8. The van der Waals surface area contributed by atoms with Gasteiger partial charge < -0.3 is 10.2 Å². The Labute approximate surface area is 118 Å². The standard InChI is InChI=1S/C15H30N4/c1-7-19-14(5)15(13(4)17-19)8-10-18(6)11-9-16-12(2)3/h12,16H,7-11H2,1-6H3. The first kappa shape index (κ1) is 16.2. The third-order valence-electron chi connectivity index (χ3n) is 3.62. The quantitative estimate of drug-likeness (QED) is 0.781. The molecule has 0 radical (unpaired) electrons. The van der Waals surface area contributed by atoms with Gasteiger partial charge in [0.05, 0.1) is 5.69 Å². The third kappa shape index (κ3) is 4.96. The summed E-state index contributed by atoms with van der Waals surface area (Å²) < 4.78 is 2.10. The summed E-state index contributed by atoms with van der Waals surface area (Å²) in [7, 11) is 2.19. The summed E-state index contributed by atoms with van der Waals surface area (Å²) in [6.07, 6.45) is 1.09. The van der Waals surface area contributed by atoms with Crippen LogP contribution in [-0.2, 0) is 13.0 Å². The van der Waals surface area contributed by atoms with Crippen molar-refractivity contribution in [2.24, 2.45) is 0 Å². The highest BCUT2D eigenvalue weighted by Crippen LogP contribution is 2.13. The lowest BCUT2D eigenvalue weighted by molar-refractivity contribution is 0.330. The van der Waals surface area contributed by atoms with Gasteiger partial charge in [-0.1, -0.05) is 13.8 Å². The predicted molar refractivity (Wildman–Crippen MR) is 81.7 cm³/mol. The van der Waals surface area contributed by atoms with Gasteiger partial charge in [0.1, 0.15) is 0 Å². The highest BCUT2D eigenvalue weighted by molar-refractivity contribution is 5.24. The van der Waals surface area contributed by atoms with Crippen LogP contribution in [0.4, 0.5) is 0 Å².